The minimum atomic E-state index is -0.890. The summed E-state index contributed by atoms with van der Waals surface area (Å²) in [5, 5.41) is 18.8. The Labute approximate surface area is 93.3 Å². The van der Waals surface area contributed by atoms with Gasteiger partial charge in [-0.05, 0) is 36.1 Å². The monoisotopic (exact) mass is 228 g/mol. The Morgan fingerprint density at radius 2 is 2.13 bits per heavy atom. The Morgan fingerprint density at radius 1 is 1.53 bits per heavy atom. The predicted octanol–water partition coefficient (Wildman–Crippen LogP) is 2.93. The topological polar surface area (TPSA) is 57.5 Å². The van der Waals surface area contributed by atoms with E-state index in [1.807, 2.05) is 0 Å². The maximum atomic E-state index is 10.5. The first kappa shape index (κ1) is 11.9. The van der Waals surface area contributed by atoms with Crippen molar-refractivity contribution in [2.75, 3.05) is 0 Å². The molecule has 0 aromatic heterocycles. The number of carboxylic acids is 1. The summed E-state index contributed by atoms with van der Waals surface area (Å²) in [5.74, 6) is -1.04. The third-order valence-corrected chi connectivity index (χ3v) is 2.73. The minimum Gasteiger partial charge on any atom is -0.508 e. The van der Waals surface area contributed by atoms with Gasteiger partial charge in [-0.3, -0.25) is 4.79 Å². The van der Waals surface area contributed by atoms with E-state index in [0.717, 1.165) is 5.56 Å². The summed E-state index contributed by atoms with van der Waals surface area (Å²) in [7, 11) is 0. The molecule has 0 aliphatic heterocycles. The SMILES string of the molecule is Cc1cc(O)c(C(C)CC(=O)O)cc1Cl. The zero-order chi connectivity index (χ0) is 11.6. The standard InChI is InChI=1S/C11H13ClO3/c1-6(4-11(14)15)8-5-9(12)7(2)3-10(8)13/h3,5-6,13H,4H2,1-2H3,(H,14,15). The average molecular weight is 229 g/mol. The molecule has 1 aromatic rings. The molecule has 3 nitrogen and oxygen atoms in total. The molecule has 15 heavy (non-hydrogen) atoms. The quantitative estimate of drug-likeness (QED) is 0.836. The molecule has 0 amide bonds. The Hall–Kier alpha value is -1.22. The minimum absolute atomic E-state index is 0.0209. The molecular formula is C11H13ClO3. The van der Waals surface area contributed by atoms with Crippen LogP contribution in [0.15, 0.2) is 12.1 Å². The van der Waals surface area contributed by atoms with Crippen LogP contribution in [0, 0.1) is 6.92 Å². The largest absolute Gasteiger partial charge is 0.508 e. The summed E-state index contributed by atoms with van der Waals surface area (Å²) in [5.41, 5.74) is 1.36. The summed E-state index contributed by atoms with van der Waals surface area (Å²) in [6.45, 7) is 3.53. The van der Waals surface area contributed by atoms with E-state index in [4.69, 9.17) is 16.7 Å². The normalized spacial score (nSPS) is 12.5. The number of rotatable bonds is 3. The number of halogens is 1. The summed E-state index contributed by atoms with van der Waals surface area (Å²) < 4.78 is 0. The van der Waals surface area contributed by atoms with Crippen LogP contribution in [0.25, 0.3) is 0 Å². The maximum absolute atomic E-state index is 10.5. The molecule has 0 aliphatic rings. The average Bonchev–Trinajstić information content (AvgIpc) is 2.09. The Kier molecular flexibility index (Phi) is 3.58. The van der Waals surface area contributed by atoms with Gasteiger partial charge >= 0.3 is 5.97 Å². The number of hydrogen-bond acceptors (Lipinski definition) is 2. The first-order valence-electron chi connectivity index (χ1n) is 4.62. The molecule has 1 atom stereocenters. The van der Waals surface area contributed by atoms with Gasteiger partial charge in [0.25, 0.3) is 0 Å². The van der Waals surface area contributed by atoms with Gasteiger partial charge in [-0.2, -0.15) is 0 Å². The van der Waals surface area contributed by atoms with E-state index in [9.17, 15) is 9.90 Å². The number of phenolic OH excluding ortho intramolecular Hbond substituents is 1. The van der Waals surface area contributed by atoms with Crippen molar-refractivity contribution in [1.29, 1.82) is 0 Å². The second kappa shape index (κ2) is 4.53. The first-order valence-corrected chi connectivity index (χ1v) is 5.00. The third kappa shape index (κ3) is 2.86. The van der Waals surface area contributed by atoms with E-state index in [-0.39, 0.29) is 18.1 Å². The maximum Gasteiger partial charge on any atom is 0.303 e. The van der Waals surface area contributed by atoms with Gasteiger partial charge in [0.1, 0.15) is 5.75 Å². The van der Waals surface area contributed by atoms with Crippen LogP contribution in [0.4, 0.5) is 0 Å². The van der Waals surface area contributed by atoms with Gasteiger partial charge in [0.05, 0.1) is 6.42 Å². The molecule has 4 heteroatoms. The van der Waals surface area contributed by atoms with E-state index >= 15 is 0 Å². The van der Waals surface area contributed by atoms with E-state index in [1.54, 1.807) is 26.0 Å². The number of benzene rings is 1. The molecule has 0 fully saturated rings. The highest BCUT2D eigenvalue weighted by molar-refractivity contribution is 6.31. The van der Waals surface area contributed by atoms with Crippen molar-refractivity contribution in [2.45, 2.75) is 26.2 Å². The number of aromatic hydroxyl groups is 1. The molecule has 0 aliphatic carbocycles. The van der Waals surface area contributed by atoms with E-state index in [2.05, 4.69) is 0 Å². The molecule has 1 unspecified atom stereocenters. The molecule has 0 heterocycles. The highest BCUT2D eigenvalue weighted by Crippen LogP contribution is 2.32. The number of hydrogen-bond donors (Lipinski definition) is 2. The summed E-state index contributed by atoms with van der Waals surface area (Å²) in [6, 6.07) is 3.18. The second-order valence-electron chi connectivity index (χ2n) is 3.66. The lowest BCUT2D eigenvalue weighted by atomic mass is 9.96. The fraction of sp³-hybridized carbons (Fsp3) is 0.364. The fourth-order valence-corrected chi connectivity index (χ4v) is 1.62. The lowest BCUT2D eigenvalue weighted by Crippen LogP contribution is -2.03. The van der Waals surface area contributed by atoms with Crippen LogP contribution < -0.4 is 0 Å². The third-order valence-electron chi connectivity index (χ3n) is 2.32. The van der Waals surface area contributed by atoms with Gasteiger partial charge in [0, 0.05) is 5.02 Å². The van der Waals surface area contributed by atoms with Crippen LogP contribution in [0.1, 0.15) is 30.4 Å². The molecule has 0 bridgehead atoms. The highest BCUT2D eigenvalue weighted by Gasteiger charge is 2.15. The predicted molar refractivity (Wildman–Crippen MR) is 58.5 cm³/mol. The van der Waals surface area contributed by atoms with Crippen LogP contribution in [-0.2, 0) is 4.79 Å². The zero-order valence-corrected chi connectivity index (χ0v) is 9.38. The molecule has 0 spiro atoms. The lowest BCUT2D eigenvalue weighted by Gasteiger charge is -2.12. The number of phenols is 1. The van der Waals surface area contributed by atoms with Gasteiger partial charge in [0.15, 0.2) is 0 Å². The summed E-state index contributed by atoms with van der Waals surface area (Å²) in [4.78, 5) is 10.5. The summed E-state index contributed by atoms with van der Waals surface area (Å²) >= 11 is 5.91. The molecule has 2 N–H and O–H groups in total. The van der Waals surface area contributed by atoms with Crippen LogP contribution in [0.3, 0.4) is 0 Å². The van der Waals surface area contributed by atoms with Crippen LogP contribution >= 0.6 is 11.6 Å². The van der Waals surface area contributed by atoms with E-state index < -0.39 is 5.97 Å². The lowest BCUT2D eigenvalue weighted by molar-refractivity contribution is -0.137. The van der Waals surface area contributed by atoms with Crippen LogP contribution in [0.5, 0.6) is 5.75 Å². The van der Waals surface area contributed by atoms with Gasteiger partial charge in [-0.25, -0.2) is 0 Å². The van der Waals surface area contributed by atoms with Gasteiger partial charge in [-0.15, -0.1) is 0 Å². The Balaban J connectivity index is 3.03. The molecule has 0 radical (unpaired) electrons. The van der Waals surface area contributed by atoms with Crippen molar-refractivity contribution in [2.24, 2.45) is 0 Å². The zero-order valence-electron chi connectivity index (χ0n) is 8.62. The molecular weight excluding hydrogens is 216 g/mol. The highest BCUT2D eigenvalue weighted by atomic mass is 35.5. The number of carbonyl (C=O) groups is 1. The van der Waals surface area contributed by atoms with Gasteiger partial charge in [-0.1, -0.05) is 18.5 Å². The molecule has 0 saturated carbocycles. The number of aliphatic carboxylic acids is 1. The smallest absolute Gasteiger partial charge is 0.303 e. The van der Waals surface area contributed by atoms with Crippen molar-refractivity contribution in [1.82, 2.24) is 0 Å². The van der Waals surface area contributed by atoms with E-state index in [0.29, 0.717) is 10.6 Å². The van der Waals surface area contributed by atoms with Crippen LogP contribution in [0.2, 0.25) is 5.02 Å². The Bertz CT molecular complexity index is 388. The number of carboxylic acid groups (broad SMARTS) is 1. The van der Waals surface area contributed by atoms with Crippen molar-refractivity contribution < 1.29 is 15.0 Å². The van der Waals surface area contributed by atoms with Crippen molar-refractivity contribution in [3.05, 3.63) is 28.3 Å². The van der Waals surface area contributed by atoms with E-state index in [1.165, 1.54) is 0 Å². The fourth-order valence-electron chi connectivity index (χ4n) is 1.45. The van der Waals surface area contributed by atoms with Gasteiger partial charge in [0.2, 0.25) is 0 Å². The molecule has 1 rings (SSSR count). The summed E-state index contributed by atoms with van der Waals surface area (Å²) in [6.07, 6.45) is -0.0209. The number of aryl methyl sites for hydroxylation is 1. The molecule has 0 saturated heterocycles. The van der Waals surface area contributed by atoms with Crippen molar-refractivity contribution >= 4 is 17.6 Å². The second-order valence-corrected chi connectivity index (χ2v) is 4.07. The Morgan fingerprint density at radius 3 is 2.67 bits per heavy atom. The van der Waals surface area contributed by atoms with Crippen LogP contribution in [-0.4, -0.2) is 16.2 Å². The molecule has 1 aromatic carbocycles. The van der Waals surface area contributed by atoms with Crippen molar-refractivity contribution in [3.8, 4) is 5.75 Å². The van der Waals surface area contributed by atoms with Gasteiger partial charge < -0.3 is 10.2 Å². The van der Waals surface area contributed by atoms with Crippen molar-refractivity contribution in [3.63, 3.8) is 0 Å². The first-order chi connectivity index (χ1) is 6.91. The molecule has 82 valence electrons.